The lowest BCUT2D eigenvalue weighted by atomic mass is 10.2. The lowest BCUT2D eigenvalue weighted by Crippen LogP contribution is -2.38. The second-order valence-electron chi connectivity index (χ2n) is 7.90. The van der Waals surface area contributed by atoms with E-state index in [0.29, 0.717) is 46.4 Å². The number of anilines is 2. The number of primary amides is 1. The van der Waals surface area contributed by atoms with E-state index in [-0.39, 0.29) is 6.10 Å². The van der Waals surface area contributed by atoms with E-state index >= 15 is 0 Å². The van der Waals surface area contributed by atoms with Gasteiger partial charge in [-0.05, 0) is 49.4 Å². The summed E-state index contributed by atoms with van der Waals surface area (Å²) in [6, 6.07) is 16.1. The Labute approximate surface area is 207 Å². The van der Waals surface area contributed by atoms with Gasteiger partial charge in [0.15, 0.2) is 0 Å². The van der Waals surface area contributed by atoms with Crippen LogP contribution in [0.15, 0.2) is 67.1 Å². The van der Waals surface area contributed by atoms with E-state index in [1.54, 1.807) is 25.4 Å². The predicted molar refractivity (Wildman–Crippen MR) is 135 cm³/mol. The number of nitrogens with two attached hydrogens (primary N) is 1. The third kappa shape index (κ3) is 6.07. The molecule has 0 aliphatic heterocycles. The number of fused-ring (bicyclic) bond motifs is 1. The summed E-state index contributed by atoms with van der Waals surface area (Å²) in [4.78, 5) is 25.8. The number of hydrogen-bond donors (Lipinski definition) is 2. The zero-order valence-electron chi connectivity index (χ0n) is 19.3. The number of nitrogens with zero attached hydrogens (tertiary/aromatic N) is 4. The molecule has 2 heterocycles. The van der Waals surface area contributed by atoms with Crippen molar-refractivity contribution in [3.8, 4) is 11.5 Å². The molecule has 2 aromatic heterocycles. The van der Waals surface area contributed by atoms with Gasteiger partial charge in [0.1, 0.15) is 36.4 Å². The van der Waals surface area contributed by atoms with E-state index < -0.39 is 6.03 Å². The van der Waals surface area contributed by atoms with Crippen molar-refractivity contribution in [1.29, 1.82) is 0 Å². The zero-order chi connectivity index (χ0) is 24.8. The summed E-state index contributed by atoms with van der Waals surface area (Å²) in [6.45, 7) is 2.50. The number of hydrogen-bond acceptors (Lipinski definition) is 7. The molecule has 0 bridgehead atoms. The van der Waals surface area contributed by atoms with Crippen LogP contribution in [0.25, 0.3) is 10.9 Å². The second kappa shape index (κ2) is 10.9. The molecule has 0 aliphatic carbocycles. The standard InChI is InChI=1S/C25H25ClN6O3/c1-16(13-32(2)25(27)33)35-22-8-5-7-20-23(22)24(30-15-29-20)31-17-9-10-21(19(26)12-17)34-14-18-6-3-4-11-28-18/h3-12,15-16H,13-14H2,1-2H3,(H2,27,33)(H,29,30,31)/t16-/m1/s1. The number of aromatic nitrogens is 3. The number of rotatable bonds is 9. The van der Waals surface area contributed by atoms with Crippen molar-refractivity contribution in [1.82, 2.24) is 19.9 Å². The number of carbonyl (C=O) groups is 1. The summed E-state index contributed by atoms with van der Waals surface area (Å²) >= 11 is 6.47. The van der Waals surface area contributed by atoms with Crippen LogP contribution in [0.5, 0.6) is 11.5 Å². The number of urea groups is 1. The highest BCUT2D eigenvalue weighted by molar-refractivity contribution is 6.32. The summed E-state index contributed by atoms with van der Waals surface area (Å²) < 4.78 is 11.9. The van der Waals surface area contributed by atoms with Crippen LogP contribution in [0.4, 0.5) is 16.3 Å². The summed E-state index contributed by atoms with van der Waals surface area (Å²) in [5.41, 5.74) is 7.56. The van der Waals surface area contributed by atoms with E-state index in [4.69, 9.17) is 26.8 Å². The first-order chi connectivity index (χ1) is 16.9. The smallest absolute Gasteiger partial charge is 0.314 e. The summed E-state index contributed by atoms with van der Waals surface area (Å²) in [7, 11) is 1.62. The minimum atomic E-state index is -0.520. The molecule has 0 aliphatic rings. The maximum absolute atomic E-state index is 11.4. The van der Waals surface area contributed by atoms with Gasteiger partial charge in [-0.2, -0.15) is 0 Å². The molecule has 35 heavy (non-hydrogen) atoms. The summed E-state index contributed by atoms with van der Waals surface area (Å²) in [6.07, 6.45) is 2.88. The fourth-order valence-electron chi connectivity index (χ4n) is 3.47. The van der Waals surface area contributed by atoms with Crippen molar-refractivity contribution in [2.24, 2.45) is 5.73 Å². The number of benzene rings is 2. The van der Waals surface area contributed by atoms with Gasteiger partial charge < -0.3 is 25.4 Å². The van der Waals surface area contributed by atoms with Crippen molar-refractivity contribution in [3.05, 3.63) is 77.8 Å². The van der Waals surface area contributed by atoms with Gasteiger partial charge in [-0.1, -0.05) is 23.7 Å². The van der Waals surface area contributed by atoms with Crippen LogP contribution in [0, 0.1) is 0 Å². The number of nitrogens with one attached hydrogen (secondary N) is 1. The quantitative estimate of drug-likeness (QED) is 0.345. The second-order valence-corrected chi connectivity index (χ2v) is 8.31. The molecule has 0 saturated carbocycles. The Hall–Kier alpha value is -4.11. The first kappa shape index (κ1) is 24.0. The summed E-state index contributed by atoms with van der Waals surface area (Å²) in [5, 5.41) is 4.45. The fraction of sp³-hybridized carbons (Fsp3) is 0.200. The molecular weight excluding hydrogens is 468 g/mol. The molecule has 0 fully saturated rings. The zero-order valence-corrected chi connectivity index (χ0v) is 20.1. The molecule has 10 heteroatoms. The Morgan fingerprint density at radius 2 is 1.97 bits per heavy atom. The molecule has 2 amide bonds. The van der Waals surface area contributed by atoms with Crippen molar-refractivity contribution in [3.63, 3.8) is 0 Å². The van der Waals surface area contributed by atoms with Gasteiger partial charge in [0.25, 0.3) is 0 Å². The van der Waals surface area contributed by atoms with E-state index in [1.807, 2.05) is 49.4 Å². The van der Waals surface area contributed by atoms with Gasteiger partial charge >= 0.3 is 6.03 Å². The van der Waals surface area contributed by atoms with Crippen LogP contribution in [0.1, 0.15) is 12.6 Å². The normalized spacial score (nSPS) is 11.6. The molecule has 3 N–H and O–H groups in total. The first-order valence-corrected chi connectivity index (χ1v) is 11.3. The van der Waals surface area contributed by atoms with Crippen LogP contribution in [0.3, 0.4) is 0 Å². The predicted octanol–water partition coefficient (Wildman–Crippen LogP) is 4.78. The molecule has 4 aromatic rings. The molecule has 2 aromatic carbocycles. The maximum atomic E-state index is 11.4. The molecule has 4 rings (SSSR count). The van der Waals surface area contributed by atoms with Gasteiger partial charge in [-0.25, -0.2) is 14.8 Å². The highest BCUT2D eigenvalue weighted by Crippen LogP contribution is 2.34. The van der Waals surface area contributed by atoms with Crippen molar-refractivity contribution in [2.75, 3.05) is 18.9 Å². The van der Waals surface area contributed by atoms with Crippen LogP contribution < -0.4 is 20.5 Å². The van der Waals surface area contributed by atoms with Crippen molar-refractivity contribution >= 4 is 40.0 Å². The number of amides is 2. The molecule has 9 nitrogen and oxygen atoms in total. The molecule has 0 radical (unpaired) electrons. The average molecular weight is 493 g/mol. The monoisotopic (exact) mass is 492 g/mol. The Morgan fingerprint density at radius 3 is 2.71 bits per heavy atom. The first-order valence-electron chi connectivity index (χ1n) is 10.9. The van der Waals surface area contributed by atoms with Crippen LogP contribution in [-0.2, 0) is 6.61 Å². The topological polar surface area (TPSA) is 115 Å². The summed E-state index contributed by atoms with van der Waals surface area (Å²) in [5.74, 6) is 1.68. The fourth-order valence-corrected chi connectivity index (χ4v) is 3.70. The molecule has 1 atom stereocenters. The Morgan fingerprint density at radius 1 is 1.11 bits per heavy atom. The minimum absolute atomic E-state index is 0.309. The minimum Gasteiger partial charge on any atom is -0.488 e. The number of halogens is 1. The molecule has 180 valence electrons. The molecule has 0 spiro atoms. The van der Waals surface area contributed by atoms with E-state index in [9.17, 15) is 4.79 Å². The highest BCUT2D eigenvalue weighted by Gasteiger charge is 2.16. The SMILES string of the molecule is C[C@H](CN(C)C(N)=O)Oc1cccc2ncnc(Nc3ccc(OCc4ccccn4)c(Cl)c3)c12. The van der Waals surface area contributed by atoms with Crippen molar-refractivity contribution < 1.29 is 14.3 Å². The number of ether oxygens (including phenoxy) is 2. The third-order valence-electron chi connectivity index (χ3n) is 5.16. The molecular formula is C25H25ClN6O3. The number of pyridine rings is 1. The maximum Gasteiger partial charge on any atom is 0.314 e. The van der Waals surface area contributed by atoms with Crippen molar-refractivity contribution in [2.45, 2.75) is 19.6 Å². The Kier molecular flexibility index (Phi) is 7.47. The Balaban J connectivity index is 1.54. The van der Waals surface area contributed by atoms with Crippen LogP contribution in [-0.4, -0.2) is 45.6 Å². The van der Waals surface area contributed by atoms with E-state index in [1.165, 1.54) is 11.2 Å². The highest BCUT2D eigenvalue weighted by atomic mass is 35.5. The third-order valence-corrected chi connectivity index (χ3v) is 5.45. The van der Waals surface area contributed by atoms with Crippen LogP contribution >= 0.6 is 11.6 Å². The van der Waals surface area contributed by atoms with Gasteiger partial charge in [0, 0.05) is 18.9 Å². The van der Waals surface area contributed by atoms with E-state index in [0.717, 1.165) is 11.4 Å². The van der Waals surface area contributed by atoms with E-state index in [2.05, 4.69) is 20.3 Å². The number of likely N-dealkylation sites (N-methyl/N-ethyl adjacent to an activating group) is 1. The lowest BCUT2D eigenvalue weighted by Gasteiger charge is -2.22. The van der Waals surface area contributed by atoms with Gasteiger partial charge in [0.05, 0.1) is 28.2 Å². The number of carbonyl (C=O) groups excluding carboxylic acids is 1. The largest absolute Gasteiger partial charge is 0.488 e. The van der Waals surface area contributed by atoms with Gasteiger partial charge in [-0.15, -0.1) is 0 Å². The average Bonchev–Trinajstić information content (AvgIpc) is 2.84. The molecule has 0 unspecified atom stereocenters. The molecule has 0 saturated heterocycles. The van der Waals surface area contributed by atoms with Gasteiger partial charge in [0.2, 0.25) is 0 Å². The Bertz CT molecular complexity index is 1320. The lowest BCUT2D eigenvalue weighted by molar-refractivity contribution is 0.166. The van der Waals surface area contributed by atoms with Crippen LogP contribution in [0.2, 0.25) is 5.02 Å². The van der Waals surface area contributed by atoms with Gasteiger partial charge in [-0.3, -0.25) is 4.98 Å².